The van der Waals surface area contributed by atoms with E-state index in [-0.39, 0.29) is 17.2 Å². The molecule has 2 atom stereocenters. The number of carbonyl (C=O) groups is 1. The number of thioether (sulfide) groups is 1. The number of hydrogen-bond acceptors (Lipinski definition) is 5. The fraction of sp³-hybridized carbons (Fsp3) is 0.333. The molecule has 0 bridgehead atoms. The normalized spacial score (nSPS) is 15.7. The number of hydrogen-bond donors (Lipinski definition) is 1. The maximum Gasteiger partial charge on any atom is 0.233 e. The summed E-state index contributed by atoms with van der Waals surface area (Å²) in [6.07, 6.45) is 2.87. The largest absolute Gasteiger partial charge is 0.348 e. The molecule has 1 saturated carbocycles. The molecular weight excluding hydrogens is 406 g/mol. The van der Waals surface area contributed by atoms with Gasteiger partial charge in [0.2, 0.25) is 11.1 Å². The first-order chi connectivity index (χ1) is 14.1. The zero-order chi connectivity index (χ0) is 20.2. The second-order valence-corrected chi connectivity index (χ2v) is 8.94. The summed E-state index contributed by atoms with van der Waals surface area (Å²) in [4.78, 5) is 13.0. The van der Waals surface area contributed by atoms with E-state index in [0.717, 1.165) is 24.0 Å². The van der Waals surface area contributed by atoms with Crippen molar-refractivity contribution in [3.63, 3.8) is 0 Å². The number of benzene rings is 2. The first kappa shape index (κ1) is 19.9. The standard InChI is InChI=1S/C21H22ClN5OS/c1-14(29-21-24-25-26-27(21)18-11-12-18)20(28)23-19(16-5-3-2-4-6-16)13-15-7-9-17(22)10-8-15/h2-10,14,18-19H,11-13H2,1H3,(H,23,28). The lowest BCUT2D eigenvalue weighted by molar-refractivity contribution is -0.121. The number of rotatable bonds is 8. The maximum atomic E-state index is 13.0. The highest BCUT2D eigenvalue weighted by Gasteiger charge is 2.30. The van der Waals surface area contributed by atoms with Gasteiger partial charge < -0.3 is 5.32 Å². The van der Waals surface area contributed by atoms with Crippen molar-refractivity contribution in [1.82, 2.24) is 25.5 Å². The molecule has 1 N–H and O–H groups in total. The van der Waals surface area contributed by atoms with Crippen molar-refractivity contribution in [1.29, 1.82) is 0 Å². The van der Waals surface area contributed by atoms with E-state index in [9.17, 15) is 4.79 Å². The van der Waals surface area contributed by atoms with Crippen LogP contribution in [-0.4, -0.2) is 31.4 Å². The van der Waals surface area contributed by atoms with Gasteiger partial charge in [-0.2, -0.15) is 0 Å². The summed E-state index contributed by atoms with van der Waals surface area (Å²) < 4.78 is 1.83. The molecule has 1 heterocycles. The van der Waals surface area contributed by atoms with Crippen molar-refractivity contribution in [2.24, 2.45) is 0 Å². The maximum absolute atomic E-state index is 13.0. The number of carbonyl (C=O) groups excluding carboxylic acids is 1. The van der Waals surface area contributed by atoms with E-state index in [0.29, 0.717) is 22.6 Å². The third kappa shape index (κ3) is 5.16. The molecule has 1 fully saturated rings. The number of amides is 1. The Labute approximate surface area is 179 Å². The molecular formula is C21H22ClN5OS. The Morgan fingerprint density at radius 1 is 1.21 bits per heavy atom. The van der Waals surface area contributed by atoms with Gasteiger partial charge in [-0.05, 0) is 59.9 Å². The summed E-state index contributed by atoms with van der Waals surface area (Å²) in [5.74, 6) is -0.0387. The lowest BCUT2D eigenvalue weighted by atomic mass is 9.98. The number of nitrogens with one attached hydrogen (secondary N) is 1. The summed E-state index contributed by atoms with van der Waals surface area (Å²) >= 11 is 7.40. The monoisotopic (exact) mass is 427 g/mol. The van der Waals surface area contributed by atoms with Crippen LogP contribution in [0.3, 0.4) is 0 Å². The first-order valence-electron chi connectivity index (χ1n) is 9.64. The fourth-order valence-corrected chi connectivity index (χ4v) is 4.10. The third-order valence-electron chi connectivity index (χ3n) is 4.88. The van der Waals surface area contributed by atoms with E-state index in [4.69, 9.17) is 11.6 Å². The average molecular weight is 428 g/mol. The zero-order valence-corrected chi connectivity index (χ0v) is 17.6. The minimum Gasteiger partial charge on any atom is -0.348 e. The summed E-state index contributed by atoms with van der Waals surface area (Å²) in [7, 11) is 0. The summed E-state index contributed by atoms with van der Waals surface area (Å²) in [6.45, 7) is 1.89. The predicted molar refractivity (Wildman–Crippen MR) is 114 cm³/mol. The summed E-state index contributed by atoms with van der Waals surface area (Å²) in [5.41, 5.74) is 2.18. The van der Waals surface area contributed by atoms with Crippen molar-refractivity contribution >= 4 is 29.3 Å². The molecule has 1 amide bonds. The van der Waals surface area contributed by atoms with Gasteiger partial charge in [0, 0.05) is 5.02 Å². The van der Waals surface area contributed by atoms with Gasteiger partial charge in [-0.3, -0.25) is 4.79 Å². The SMILES string of the molecule is CC(Sc1nnnn1C1CC1)C(=O)NC(Cc1ccc(Cl)cc1)c1ccccc1. The molecule has 0 spiro atoms. The van der Waals surface area contributed by atoms with Gasteiger partial charge in [0.25, 0.3) is 0 Å². The van der Waals surface area contributed by atoms with Crippen LogP contribution in [0.4, 0.5) is 0 Å². The molecule has 1 aliphatic carbocycles. The highest BCUT2D eigenvalue weighted by Crippen LogP contribution is 2.37. The Morgan fingerprint density at radius 2 is 1.93 bits per heavy atom. The van der Waals surface area contributed by atoms with Crippen LogP contribution in [0.2, 0.25) is 5.02 Å². The van der Waals surface area contributed by atoms with Gasteiger partial charge in [0.15, 0.2) is 0 Å². The van der Waals surface area contributed by atoms with E-state index >= 15 is 0 Å². The van der Waals surface area contributed by atoms with Crippen molar-refractivity contribution in [3.8, 4) is 0 Å². The lowest BCUT2D eigenvalue weighted by Crippen LogP contribution is -2.35. The molecule has 8 heteroatoms. The van der Waals surface area contributed by atoms with Crippen LogP contribution in [0, 0.1) is 0 Å². The molecule has 4 rings (SSSR count). The molecule has 2 aromatic carbocycles. The smallest absolute Gasteiger partial charge is 0.233 e. The second-order valence-electron chi connectivity index (χ2n) is 7.20. The van der Waals surface area contributed by atoms with E-state index in [1.54, 1.807) is 0 Å². The molecule has 29 heavy (non-hydrogen) atoms. The van der Waals surface area contributed by atoms with Crippen LogP contribution in [0.5, 0.6) is 0 Å². The van der Waals surface area contributed by atoms with Gasteiger partial charge >= 0.3 is 0 Å². The van der Waals surface area contributed by atoms with Crippen LogP contribution >= 0.6 is 23.4 Å². The number of nitrogens with zero attached hydrogens (tertiary/aromatic N) is 4. The zero-order valence-electron chi connectivity index (χ0n) is 16.0. The minimum atomic E-state index is -0.310. The average Bonchev–Trinajstić information content (AvgIpc) is 3.48. The van der Waals surface area contributed by atoms with Crippen LogP contribution < -0.4 is 5.32 Å². The number of halogens is 1. The lowest BCUT2D eigenvalue weighted by Gasteiger charge is -2.21. The quantitative estimate of drug-likeness (QED) is 0.544. The van der Waals surface area contributed by atoms with Gasteiger partial charge in [0.1, 0.15) is 0 Å². The fourth-order valence-electron chi connectivity index (χ4n) is 3.11. The van der Waals surface area contributed by atoms with Crippen molar-refractivity contribution in [2.45, 2.75) is 48.7 Å². The molecule has 1 aromatic heterocycles. The Kier molecular flexibility index (Phi) is 6.16. The topological polar surface area (TPSA) is 72.7 Å². The molecule has 0 radical (unpaired) electrons. The van der Waals surface area contributed by atoms with E-state index in [1.165, 1.54) is 11.8 Å². The molecule has 6 nitrogen and oxygen atoms in total. The van der Waals surface area contributed by atoms with E-state index < -0.39 is 0 Å². The van der Waals surface area contributed by atoms with Gasteiger partial charge in [-0.25, -0.2) is 4.68 Å². The first-order valence-corrected chi connectivity index (χ1v) is 10.9. The van der Waals surface area contributed by atoms with Crippen molar-refractivity contribution < 1.29 is 4.79 Å². The third-order valence-corrected chi connectivity index (χ3v) is 6.18. The van der Waals surface area contributed by atoms with Crippen LogP contribution in [0.1, 0.15) is 43.0 Å². The molecule has 150 valence electrons. The second kappa shape index (κ2) is 8.97. The van der Waals surface area contributed by atoms with Crippen molar-refractivity contribution in [2.75, 3.05) is 0 Å². The Hall–Kier alpha value is -2.38. The molecule has 3 aromatic rings. The predicted octanol–water partition coefficient (Wildman–Crippen LogP) is 4.24. The highest BCUT2D eigenvalue weighted by molar-refractivity contribution is 8.00. The highest BCUT2D eigenvalue weighted by atomic mass is 35.5. The molecule has 0 aliphatic heterocycles. The number of tetrazole rings is 1. The van der Waals surface area contributed by atoms with Gasteiger partial charge in [-0.1, -0.05) is 65.8 Å². The molecule has 2 unspecified atom stereocenters. The summed E-state index contributed by atoms with van der Waals surface area (Å²) in [6, 6.07) is 18.0. The van der Waals surface area contributed by atoms with Crippen molar-refractivity contribution in [3.05, 3.63) is 70.7 Å². The number of aromatic nitrogens is 4. The van der Waals surface area contributed by atoms with E-state index in [1.807, 2.05) is 66.2 Å². The molecule has 0 saturated heterocycles. The van der Waals surface area contributed by atoms with E-state index in [2.05, 4.69) is 20.8 Å². The van der Waals surface area contributed by atoms with Crippen LogP contribution in [0.15, 0.2) is 59.8 Å². The van der Waals surface area contributed by atoms with Crippen LogP contribution in [0.25, 0.3) is 0 Å². The Balaban J connectivity index is 1.46. The van der Waals surface area contributed by atoms with Gasteiger partial charge in [-0.15, -0.1) is 5.10 Å². The van der Waals surface area contributed by atoms with Gasteiger partial charge in [0.05, 0.1) is 17.3 Å². The molecule has 1 aliphatic rings. The minimum absolute atomic E-state index is 0.0387. The Morgan fingerprint density at radius 3 is 2.62 bits per heavy atom. The van der Waals surface area contributed by atoms with Crippen LogP contribution in [-0.2, 0) is 11.2 Å². The Bertz CT molecular complexity index is 959. The summed E-state index contributed by atoms with van der Waals surface area (Å²) in [5, 5.41) is 16.2.